The minimum Gasteiger partial charge on any atom is -0.375 e. The van der Waals surface area contributed by atoms with Crippen LogP contribution in [0.4, 0.5) is 5.69 Å². The van der Waals surface area contributed by atoms with E-state index in [1.165, 1.54) is 13.4 Å². The third kappa shape index (κ3) is 3.11. The van der Waals surface area contributed by atoms with E-state index in [0.29, 0.717) is 0 Å². The number of hydrogen-bond donors (Lipinski definition) is 1. The number of nitrogens with one attached hydrogen (secondary N) is 1. The lowest BCUT2D eigenvalue weighted by atomic mass is 10.1. The lowest BCUT2D eigenvalue weighted by Gasteiger charge is -2.05. The molecule has 92 valence electrons. The second-order valence-corrected chi connectivity index (χ2v) is 3.69. The molecule has 5 heteroatoms. The maximum absolute atomic E-state index is 11.3. The van der Waals surface area contributed by atoms with Crippen LogP contribution in [0, 0.1) is 0 Å². The Kier molecular flexibility index (Phi) is 3.98. The number of amides is 1. The molecular formula is C13H13N3O2. The summed E-state index contributed by atoms with van der Waals surface area (Å²) in [6.07, 6.45) is 4.97. The first kappa shape index (κ1) is 12.2. The van der Waals surface area contributed by atoms with E-state index in [1.807, 2.05) is 24.3 Å². The zero-order chi connectivity index (χ0) is 12.8. The van der Waals surface area contributed by atoms with Crippen molar-refractivity contribution in [2.75, 3.05) is 19.0 Å². The van der Waals surface area contributed by atoms with Crippen LogP contribution in [-0.2, 0) is 9.53 Å². The normalized spacial score (nSPS) is 10.1. The fourth-order valence-electron chi connectivity index (χ4n) is 1.52. The molecule has 0 unspecified atom stereocenters. The van der Waals surface area contributed by atoms with Crippen molar-refractivity contribution in [3.8, 4) is 11.1 Å². The fraction of sp³-hybridized carbons (Fsp3) is 0.154. The lowest BCUT2D eigenvalue weighted by molar-refractivity contribution is -0.119. The van der Waals surface area contributed by atoms with E-state index < -0.39 is 0 Å². The van der Waals surface area contributed by atoms with Crippen molar-refractivity contribution in [3.63, 3.8) is 0 Å². The van der Waals surface area contributed by atoms with Gasteiger partial charge < -0.3 is 10.1 Å². The average molecular weight is 243 g/mol. The van der Waals surface area contributed by atoms with Crippen molar-refractivity contribution in [2.24, 2.45) is 0 Å². The van der Waals surface area contributed by atoms with Gasteiger partial charge in [0.25, 0.3) is 0 Å². The molecule has 0 atom stereocenters. The number of hydrogen-bond acceptors (Lipinski definition) is 4. The Morgan fingerprint density at radius 3 is 2.44 bits per heavy atom. The number of anilines is 1. The summed E-state index contributed by atoms with van der Waals surface area (Å²) in [5.41, 5.74) is 2.67. The minimum atomic E-state index is -0.173. The molecule has 0 bridgehead atoms. The Morgan fingerprint density at radius 2 is 1.83 bits per heavy atom. The monoisotopic (exact) mass is 243 g/mol. The average Bonchev–Trinajstić information content (AvgIpc) is 2.41. The number of methoxy groups -OCH3 is 1. The number of carbonyl (C=O) groups excluding carboxylic acids is 1. The van der Waals surface area contributed by atoms with Crippen molar-refractivity contribution in [1.29, 1.82) is 0 Å². The Balaban J connectivity index is 2.09. The second-order valence-electron chi connectivity index (χ2n) is 3.69. The molecule has 0 saturated heterocycles. The second kappa shape index (κ2) is 5.88. The van der Waals surface area contributed by atoms with Gasteiger partial charge in [-0.3, -0.25) is 4.79 Å². The molecule has 1 aromatic carbocycles. The highest BCUT2D eigenvalue weighted by atomic mass is 16.5. The smallest absolute Gasteiger partial charge is 0.250 e. The Hall–Kier alpha value is -2.27. The minimum absolute atomic E-state index is 0.0499. The van der Waals surface area contributed by atoms with Crippen molar-refractivity contribution < 1.29 is 9.53 Å². The number of carbonyl (C=O) groups is 1. The summed E-state index contributed by atoms with van der Waals surface area (Å²) in [6.45, 7) is 0.0499. The molecule has 1 heterocycles. The summed E-state index contributed by atoms with van der Waals surface area (Å²) in [4.78, 5) is 19.2. The summed E-state index contributed by atoms with van der Waals surface area (Å²) < 4.78 is 4.74. The van der Waals surface area contributed by atoms with E-state index in [0.717, 1.165) is 16.8 Å². The van der Waals surface area contributed by atoms with Gasteiger partial charge in [-0.05, 0) is 17.7 Å². The molecule has 0 radical (unpaired) electrons. The predicted molar refractivity (Wildman–Crippen MR) is 68.0 cm³/mol. The molecule has 0 saturated carbocycles. The molecule has 18 heavy (non-hydrogen) atoms. The third-order valence-corrected chi connectivity index (χ3v) is 2.34. The van der Waals surface area contributed by atoms with Crippen LogP contribution in [0.25, 0.3) is 11.1 Å². The van der Waals surface area contributed by atoms with E-state index in [2.05, 4.69) is 15.3 Å². The van der Waals surface area contributed by atoms with E-state index >= 15 is 0 Å². The molecule has 5 nitrogen and oxygen atoms in total. The Morgan fingerprint density at radius 1 is 1.17 bits per heavy atom. The number of benzene rings is 1. The summed E-state index contributed by atoms with van der Waals surface area (Å²) in [5, 5.41) is 2.73. The SMILES string of the molecule is COCC(=O)Nc1ccc(-c2cncnc2)cc1. The molecule has 1 aromatic heterocycles. The molecule has 2 rings (SSSR count). The van der Waals surface area contributed by atoms with Gasteiger partial charge in [-0.2, -0.15) is 0 Å². The van der Waals surface area contributed by atoms with Crippen molar-refractivity contribution in [2.45, 2.75) is 0 Å². The molecule has 0 aliphatic heterocycles. The number of rotatable bonds is 4. The first-order chi connectivity index (χ1) is 8.79. The largest absolute Gasteiger partial charge is 0.375 e. The molecule has 0 aliphatic carbocycles. The third-order valence-electron chi connectivity index (χ3n) is 2.34. The zero-order valence-corrected chi connectivity index (χ0v) is 9.96. The van der Waals surface area contributed by atoms with Crippen LogP contribution in [0.1, 0.15) is 0 Å². The highest BCUT2D eigenvalue weighted by Crippen LogP contribution is 2.19. The highest BCUT2D eigenvalue weighted by Gasteiger charge is 2.02. The van der Waals surface area contributed by atoms with E-state index in [4.69, 9.17) is 4.74 Å². The molecule has 1 N–H and O–H groups in total. The summed E-state index contributed by atoms with van der Waals surface area (Å²) >= 11 is 0. The van der Waals surface area contributed by atoms with Crippen LogP contribution < -0.4 is 5.32 Å². The van der Waals surface area contributed by atoms with Crippen LogP contribution in [0.5, 0.6) is 0 Å². The van der Waals surface area contributed by atoms with Crippen molar-refractivity contribution >= 4 is 11.6 Å². The van der Waals surface area contributed by atoms with Gasteiger partial charge in [-0.15, -0.1) is 0 Å². The molecule has 0 aliphatic rings. The van der Waals surface area contributed by atoms with E-state index in [9.17, 15) is 4.79 Å². The first-order valence-electron chi connectivity index (χ1n) is 5.44. The number of aromatic nitrogens is 2. The maximum Gasteiger partial charge on any atom is 0.250 e. The van der Waals surface area contributed by atoms with E-state index in [-0.39, 0.29) is 12.5 Å². The maximum atomic E-state index is 11.3. The summed E-state index contributed by atoms with van der Waals surface area (Å²) in [7, 11) is 1.48. The van der Waals surface area contributed by atoms with Crippen LogP contribution in [0.3, 0.4) is 0 Å². The van der Waals surface area contributed by atoms with Crippen molar-refractivity contribution in [3.05, 3.63) is 43.0 Å². The molecule has 0 spiro atoms. The standard InChI is InChI=1S/C13H13N3O2/c1-18-8-13(17)16-12-4-2-10(3-5-12)11-6-14-9-15-7-11/h2-7,9H,8H2,1H3,(H,16,17). The van der Waals surface area contributed by atoms with Crippen molar-refractivity contribution in [1.82, 2.24) is 9.97 Å². The number of ether oxygens (including phenoxy) is 1. The van der Waals surface area contributed by atoms with Crippen LogP contribution in [-0.4, -0.2) is 29.6 Å². The molecular weight excluding hydrogens is 230 g/mol. The van der Waals surface area contributed by atoms with Gasteiger partial charge >= 0.3 is 0 Å². The van der Waals surface area contributed by atoms with Crippen LogP contribution in [0.2, 0.25) is 0 Å². The molecule has 2 aromatic rings. The molecule has 0 fully saturated rings. The predicted octanol–water partition coefficient (Wildman–Crippen LogP) is 1.73. The molecule has 1 amide bonds. The van der Waals surface area contributed by atoms with E-state index in [1.54, 1.807) is 12.4 Å². The van der Waals surface area contributed by atoms with Gasteiger partial charge in [0.2, 0.25) is 5.91 Å². The van der Waals surface area contributed by atoms with Crippen LogP contribution >= 0.6 is 0 Å². The van der Waals surface area contributed by atoms with Gasteiger partial charge in [0.05, 0.1) is 0 Å². The first-order valence-corrected chi connectivity index (χ1v) is 5.44. The quantitative estimate of drug-likeness (QED) is 0.888. The summed E-state index contributed by atoms with van der Waals surface area (Å²) in [5.74, 6) is -0.173. The van der Waals surface area contributed by atoms with Gasteiger partial charge in [0.15, 0.2) is 0 Å². The van der Waals surface area contributed by atoms with Gasteiger partial charge in [-0.25, -0.2) is 9.97 Å². The summed E-state index contributed by atoms with van der Waals surface area (Å²) in [6, 6.07) is 7.47. The van der Waals surface area contributed by atoms with Gasteiger partial charge in [-0.1, -0.05) is 12.1 Å². The topological polar surface area (TPSA) is 64.1 Å². The Labute approximate surface area is 105 Å². The number of nitrogens with zero attached hydrogens (tertiary/aromatic N) is 2. The van der Waals surface area contributed by atoms with Crippen LogP contribution in [0.15, 0.2) is 43.0 Å². The lowest BCUT2D eigenvalue weighted by Crippen LogP contribution is -2.16. The highest BCUT2D eigenvalue weighted by molar-refractivity contribution is 5.91. The Bertz CT molecular complexity index is 512. The van der Waals surface area contributed by atoms with Gasteiger partial charge in [0, 0.05) is 30.8 Å². The fourth-order valence-corrected chi connectivity index (χ4v) is 1.52. The van der Waals surface area contributed by atoms with Gasteiger partial charge in [0.1, 0.15) is 12.9 Å². The zero-order valence-electron chi connectivity index (χ0n) is 9.96.